The number of hydrogen-bond donors (Lipinski definition) is 1. The Morgan fingerprint density at radius 2 is 2.00 bits per heavy atom. The number of benzene rings is 2. The number of pyridine rings is 1. The second-order valence-electron chi connectivity index (χ2n) is 5.69. The first-order valence-electron chi connectivity index (χ1n) is 8.13. The number of aromatic nitrogens is 1. The van der Waals surface area contributed by atoms with Gasteiger partial charge in [0, 0.05) is 22.8 Å². The monoisotopic (exact) mass is 352 g/mol. The lowest BCUT2D eigenvalue weighted by Gasteiger charge is -2.14. The minimum Gasteiger partial charge on any atom is -0.462 e. The van der Waals surface area contributed by atoms with Crippen molar-refractivity contribution < 1.29 is 18.7 Å². The summed E-state index contributed by atoms with van der Waals surface area (Å²) in [7, 11) is 0. The fourth-order valence-corrected chi connectivity index (χ4v) is 2.62. The van der Waals surface area contributed by atoms with Crippen LogP contribution in [-0.2, 0) is 4.74 Å². The van der Waals surface area contributed by atoms with E-state index >= 15 is 0 Å². The molecule has 1 N–H and O–H groups in total. The number of ether oxygens (including phenoxy) is 1. The number of rotatable bonds is 5. The minimum atomic E-state index is -0.559. The number of anilines is 2. The second kappa shape index (κ2) is 7.31. The maximum absolute atomic E-state index is 13.8. The van der Waals surface area contributed by atoms with Crippen molar-refractivity contribution in [2.75, 3.05) is 11.9 Å². The summed E-state index contributed by atoms with van der Waals surface area (Å²) in [5, 5.41) is 3.57. The zero-order chi connectivity index (χ0) is 18.7. The van der Waals surface area contributed by atoms with E-state index in [0.29, 0.717) is 27.8 Å². The maximum Gasteiger partial charge on any atom is 0.341 e. The molecule has 0 aliphatic heterocycles. The van der Waals surface area contributed by atoms with Crippen LogP contribution in [0.1, 0.15) is 34.6 Å². The summed E-state index contributed by atoms with van der Waals surface area (Å²) in [5.41, 5.74) is 2.23. The Hall–Kier alpha value is -3.28. The molecule has 2 aromatic carbocycles. The molecule has 0 radical (unpaired) electrons. The van der Waals surface area contributed by atoms with Crippen molar-refractivity contribution >= 4 is 34.0 Å². The van der Waals surface area contributed by atoms with Gasteiger partial charge in [-0.3, -0.25) is 9.78 Å². The van der Waals surface area contributed by atoms with Gasteiger partial charge in [-0.05, 0) is 44.2 Å². The van der Waals surface area contributed by atoms with E-state index in [9.17, 15) is 14.0 Å². The number of esters is 1. The van der Waals surface area contributed by atoms with Crippen molar-refractivity contribution in [3.05, 3.63) is 65.6 Å². The Kier molecular flexibility index (Phi) is 4.93. The summed E-state index contributed by atoms with van der Waals surface area (Å²) < 4.78 is 18.9. The van der Waals surface area contributed by atoms with Crippen LogP contribution in [0.25, 0.3) is 10.9 Å². The zero-order valence-electron chi connectivity index (χ0n) is 14.4. The fraction of sp³-hybridized carbons (Fsp3) is 0.150. The highest BCUT2D eigenvalue weighted by atomic mass is 19.1. The van der Waals surface area contributed by atoms with Crippen LogP contribution in [0.15, 0.2) is 48.7 Å². The molecular formula is C20H17FN2O3. The van der Waals surface area contributed by atoms with Crippen molar-refractivity contribution in [3.8, 4) is 0 Å². The normalized spacial score (nSPS) is 10.6. The highest BCUT2D eigenvalue weighted by Gasteiger charge is 2.17. The first-order chi connectivity index (χ1) is 12.5. The largest absolute Gasteiger partial charge is 0.462 e. The molecule has 0 fully saturated rings. The Morgan fingerprint density at radius 1 is 1.19 bits per heavy atom. The zero-order valence-corrected chi connectivity index (χ0v) is 14.4. The second-order valence-corrected chi connectivity index (χ2v) is 5.69. The first-order valence-corrected chi connectivity index (χ1v) is 8.13. The van der Waals surface area contributed by atoms with Gasteiger partial charge in [-0.15, -0.1) is 0 Å². The van der Waals surface area contributed by atoms with Crippen LogP contribution in [0.3, 0.4) is 0 Å². The SMILES string of the molecule is CCOC(=O)c1cnc2ccc(F)cc2c1Nc1cccc(C(C)=O)c1. The van der Waals surface area contributed by atoms with Gasteiger partial charge in [0.1, 0.15) is 11.4 Å². The van der Waals surface area contributed by atoms with Gasteiger partial charge < -0.3 is 10.1 Å². The van der Waals surface area contributed by atoms with Gasteiger partial charge in [-0.1, -0.05) is 12.1 Å². The van der Waals surface area contributed by atoms with Gasteiger partial charge in [0.15, 0.2) is 5.78 Å². The third-order valence-electron chi connectivity index (χ3n) is 3.86. The number of ketones is 1. The summed E-state index contributed by atoms with van der Waals surface area (Å²) in [5.74, 6) is -1.08. The summed E-state index contributed by atoms with van der Waals surface area (Å²) >= 11 is 0. The van der Waals surface area contributed by atoms with E-state index in [1.165, 1.54) is 31.3 Å². The van der Waals surface area contributed by atoms with Crippen molar-refractivity contribution in [2.45, 2.75) is 13.8 Å². The quantitative estimate of drug-likeness (QED) is 0.541. The lowest BCUT2D eigenvalue weighted by Crippen LogP contribution is -2.09. The third-order valence-corrected chi connectivity index (χ3v) is 3.86. The molecule has 0 spiro atoms. The van der Waals surface area contributed by atoms with Gasteiger partial charge in [0.2, 0.25) is 0 Å². The molecule has 3 rings (SSSR count). The summed E-state index contributed by atoms with van der Waals surface area (Å²) in [6.07, 6.45) is 1.40. The van der Waals surface area contributed by atoms with Gasteiger partial charge in [-0.25, -0.2) is 9.18 Å². The number of nitrogens with one attached hydrogen (secondary N) is 1. The number of carbonyl (C=O) groups excluding carboxylic acids is 2. The van der Waals surface area contributed by atoms with Crippen molar-refractivity contribution in [3.63, 3.8) is 0 Å². The van der Waals surface area contributed by atoms with Crippen LogP contribution in [0, 0.1) is 5.82 Å². The van der Waals surface area contributed by atoms with E-state index in [2.05, 4.69) is 10.3 Å². The summed E-state index contributed by atoms with van der Waals surface area (Å²) in [6.45, 7) is 3.38. The molecule has 3 aromatic rings. The molecule has 0 atom stereocenters. The molecule has 6 heteroatoms. The number of carbonyl (C=O) groups is 2. The van der Waals surface area contributed by atoms with E-state index in [-0.39, 0.29) is 18.0 Å². The van der Waals surface area contributed by atoms with Crippen molar-refractivity contribution in [2.24, 2.45) is 0 Å². The lowest BCUT2D eigenvalue weighted by atomic mass is 10.1. The maximum atomic E-state index is 13.8. The van der Waals surface area contributed by atoms with Crippen LogP contribution in [0.5, 0.6) is 0 Å². The van der Waals surface area contributed by atoms with Gasteiger partial charge in [0.25, 0.3) is 0 Å². The van der Waals surface area contributed by atoms with Crippen LogP contribution >= 0.6 is 0 Å². The molecule has 0 aliphatic carbocycles. The smallest absolute Gasteiger partial charge is 0.341 e. The van der Waals surface area contributed by atoms with Gasteiger partial charge in [0.05, 0.1) is 17.8 Å². The van der Waals surface area contributed by atoms with Crippen LogP contribution in [0.4, 0.5) is 15.8 Å². The highest BCUT2D eigenvalue weighted by Crippen LogP contribution is 2.30. The predicted molar refractivity (Wildman–Crippen MR) is 97.4 cm³/mol. The molecular weight excluding hydrogens is 335 g/mol. The average molecular weight is 352 g/mol. The average Bonchev–Trinajstić information content (AvgIpc) is 2.62. The molecule has 0 saturated carbocycles. The molecule has 0 aliphatic rings. The molecule has 0 unspecified atom stereocenters. The summed E-state index contributed by atoms with van der Waals surface area (Å²) in [6, 6.07) is 11.0. The van der Waals surface area contributed by atoms with Gasteiger partial charge >= 0.3 is 5.97 Å². The number of fused-ring (bicyclic) bond motifs is 1. The molecule has 1 heterocycles. The Balaban J connectivity index is 2.16. The Bertz CT molecular complexity index is 1000. The van der Waals surface area contributed by atoms with E-state index in [0.717, 1.165) is 0 Å². The van der Waals surface area contributed by atoms with Gasteiger partial charge in [-0.2, -0.15) is 0 Å². The number of halogens is 1. The van der Waals surface area contributed by atoms with E-state index in [1.807, 2.05) is 0 Å². The molecule has 0 bridgehead atoms. The Labute approximate surface area is 149 Å². The van der Waals surface area contributed by atoms with Crippen LogP contribution < -0.4 is 5.32 Å². The number of hydrogen-bond acceptors (Lipinski definition) is 5. The van der Waals surface area contributed by atoms with Crippen molar-refractivity contribution in [1.29, 1.82) is 0 Å². The Morgan fingerprint density at radius 3 is 2.73 bits per heavy atom. The summed E-state index contributed by atoms with van der Waals surface area (Å²) in [4.78, 5) is 28.1. The number of Topliss-reactive ketones (excluding diaryl/α,β-unsaturated/α-hetero) is 1. The highest BCUT2D eigenvalue weighted by molar-refractivity contribution is 6.06. The van der Waals surface area contributed by atoms with Crippen molar-refractivity contribution in [1.82, 2.24) is 4.98 Å². The van der Waals surface area contributed by atoms with E-state index < -0.39 is 11.8 Å². The molecule has 0 amide bonds. The predicted octanol–water partition coefficient (Wildman–Crippen LogP) is 4.50. The van der Waals surface area contributed by atoms with E-state index in [1.54, 1.807) is 31.2 Å². The molecule has 1 aromatic heterocycles. The topological polar surface area (TPSA) is 68.3 Å². The van der Waals surface area contributed by atoms with E-state index in [4.69, 9.17) is 4.74 Å². The molecule has 132 valence electrons. The standard InChI is InChI=1S/C20H17FN2O3/c1-3-26-20(25)17-11-22-18-8-7-14(21)10-16(18)19(17)23-15-6-4-5-13(9-15)12(2)24/h4-11H,3H2,1-2H3,(H,22,23). The van der Waals surface area contributed by atoms with Crippen LogP contribution in [-0.4, -0.2) is 23.3 Å². The molecule has 0 saturated heterocycles. The van der Waals surface area contributed by atoms with Crippen LogP contribution in [0.2, 0.25) is 0 Å². The first kappa shape index (κ1) is 17.5. The lowest BCUT2D eigenvalue weighted by molar-refractivity contribution is 0.0527. The molecule has 5 nitrogen and oxygen atoms in total. The number of nitrogens with zero attached hydrogens (tertiary/aromatic N) is 1. The third kappa shape index (κ3) is 3.54. The molecule has 26 heavy (non-hydrogen) atoms. The fourth-order valence-electron chi connectivity index (χ4n) is 2.62. The minimum absolute atomic E-state index is 0.0788.